The van der Waals surface area contributed by atoms with Gasteiger partial charge in [-0.25, -0.2) is 4.39 Å². The van der Waals surface area contributed by atoms with Crippen molar-refractivity contribution in [3.63, 3.8) is 0 Å². The average Bonchev–Trinajstić information content (AvgIpc) is 2.80. The number of nitrogens with one attached hydrogen (secondary N) is 1. The average molecular weight is 427 g/mol. The number of nitrogens with zero attached hydrogens (tertiary/aromatic N) is 1. The van der Waals surface area contributed by atoms with E-state index in [2.05, 4.69) is 10.2 Å². The smallest absolute Gasteiger partial charge is 0.234 e. The van der Waals surface area contributed by atoms with Crippen LogP contribution in [0.15, 0.2) is 42.5 Å². The molecule has 31 heavy (non-hydrogen) atoms. The predicted molar refractivity (Wildman–Crippen MR) is 118 cm³/mol. The molecule has 1 aliphatic carbocycles. The summed E-state index contributed by atoms with van der Waals surface area (Å²) in [5.41, 5.74) is 2.01. The van der Waals surface area contributed by atoms with Gasteiger partial charge in [-0.2, -0.15) is 0 Å². The van der Waals surface area contributed by atoms with E-state index in [1.807, 2.05) is 25.1 Å². The largest absolute Gasteiger partial charge is 0.486 e. The monoisotopic (exact) mass is 426 g/mol. The first kappa shape index (κ1) is 21.6. The Bertz CT molecular complexity index is 881. The Balaban J connectivity index is 1.40. The summed E-state index contributed by atoms with van der Waals surface area (Å²) < 4.78 is 24.6. The first-order valence-corrected chi connectivity index (χ1v) is 11.3. The van der Waals surface area contributed by atoms with Crippen LogP contribution >= 0.6 is 0 Å². The van der Waals surface area contributed by atoms with E-state index in [4.69, 9.17) is 9.47 Å². The molecule has 1 saturated carbocycles. The van der Waals surface area contributed by atoms with Crippen LogP contribution in [0.1, 0.15) is 56.2 Å². The van der Waals surface area contributed by atoms with E-state index < -0.39 is 0 Å². The molecule has 0 aromatic heterocycles. The van der Waals surface area contributed by atoms with E-state index in [9.17, 15) is 9.18 Å². The van der Waals surface area contributed by atoms with Crippen molar-refractivity contribution in [3.05, 3.63) is 59.4 Å². The van der Waals surface area contributed by atoms with Crippen molar-refractivity contribution >= 4 is 5.91 Å². The molecule has 0 radical (unpaired) electrons. The van der Waals surface area contributed by atoms with Gasteiger partial charge in [-0.15, -0.1) is 0 Å². The van der Waals surface area contributed by atoms with Crippen LogP contribution in [-0.4, -0.2) is 36.6 Å². The van der Waals surface area contributed by atoms with Gasteiger partial charge >= 0.3 is 0 Å². The second kappa shape index (κ2) is 10.1. The van der Waals surface area contributed by atoms with E-state index in [-0.39, 0.29) is 17.8 Å². The van der Waals surface area contributed by atoms with Crippen molar-refractivity contribution in [2.75, 3.05) is 19.8 Å². The predicted octanol–water partition coefficient (Wildman–Crippen LogP) is 4.61. The number of benzene rings is 2. The van der Waals surface area contributed by atoms with Gasteiger partial charge < -0.3 is 14.8 Å². The zero-order valence-electron chi connectivity index (χ0n) is 18.1. The Morgan fingerprint density at radius 1 is 1.06 bits per heavy atom. The number of hydrogen-bond donors (Lipinski definition) is 1. The minimum atomic E-state index is -0.237. The third-order valence-corrected chi connectivity index (χ3v) is 6.18. The fraction of sp³-hybridized carbons (Fsp3) is 0.480. The summed E-state index contributed by atoms with van der Waals surface area (Å²) in [4.78, 5) is 15.2. The molecule has 1 unspecified atom stereocenters. The molecule has 2 aromatic carbocycles. The molecular weight excluding hydrogens is 395 g/mol. The molecule has 1 heterocycles. The lowest BCUT2D eigenvalue weighted by Crippen LogP contribution is -2.43. The quantitative estimate of drug-likeness (QED) is 0.703. The Morgan fingerprint density at radius 3 is 2.52 bits per heavy atom. The SMILES string of the molecule is CC(NC(=O)CN(Cc1ccc(F)cc1)C1CCCCC1)c1ccc2c(c1)OCCO2. The molecule has 2 aromatic rings. The van der Waals surface area contributed by atoms with Crippen molar-refractivity contribution in [2.45, 2.75) is 57.7 Å². The minimum absolute atomic E-state index is 0.00456. The van der Waals surface area contributed by atoms with Gasteiger partial charge in [0.2, 0.25) is 5.91 Å². The molecule has 1 atom stereocenters. The van der Waals surface area contributed by atoms with Crippen LogP contribution in [0, 0.1) is 5.82 Å². The summed E-state index contributed by atoms with van der Waals surface area (Å²) in [6.45, 7) is 4.06. The zero-order valence-corrected chi connectivity index (χ0v) is 18.1. The van der Waals surface area contributed by atoms with Crippen LogP contribution in [0.4, 0.5) is 4.39 Å². The molecule has 0 spiro atoms. The lowest BCUT2D eigenvalue weighted by atomic mass is 9.93. The van der Waals surface area contributed by atoms with Gasteiger partial charge in [0.05, 0.1) is 12.6 Å². The highest BCUT2D eigenvalue weighted by Crippen LogP contribution is 2.32. The number of ether oxygens (including phenoxy) is 2. The van der Waals surface area contributed by atoms with E-state index in [1.165, 1.54) is 31.4 Å². The first-order chi connectivity index (χ1) is 15.1. The van der Waals surface area contributed by atoms with Crippen molar-refractivity contribution < 1.29 is 18.7 Å². The maximum absolute atomic E-state index is 13.3. The Labute approximate surface area is 183 Å². The molecule has 166 valence electrons. The molecule has 6 heteroatoms. The van der Waals surface area contributed by atoms with Gasteiger partial charge in [-0.1, -0.05) is 37.5 Å². The topological polar surface area (TPSA) is 50.8 Å². The minimum Gasteiger partial charge on any atom is -0.486 e. The number of hydrogen-bond acceptors (Lipinski definition) is 4. The molecule has 0 saturated heterocycles. The first-order valence-electron chi connectivity index (χ1n) is 11.3. The molecule has 4 rings (SSSR count). The zero-order chi connectivity index (χ0) is 21.6. The van der Waals surface area contributed by atoms with Gasteiger partial charge in [0.15, 0.2) is 11.5 Å². The number of halogens is 1. The van der Waals surface area contributed by atoms with Crippen LogP contribution in [0.3, 0.4) is 0 Å². The number of amides is 1. The summed E-state index contributed by atoms with van der Waals surface area (Å²) in [5, 5.41) is 3.13. The van der Waals surface area contributed by atoms with E-state index >= 15 is 0 Å². The molecule has 1 amide bonds. The highest BCUT2D eigenvalue weighted by atomic mass is 19.1. The lowest BCUT2D eigenvalue weighted by molar-refractivity contribution is -0.123. The summed E-state index contributed by atoms with van der Waals surface area (Å²) in [6, 6.07) is 12.6. The van der Waals surface area contributed by atoms with E-state index in [0.29, 0.717) is 32.3 Å². The molecule has 5 nitrogen and oxygen atoms in total. The highest BCUT2D eigenvalue weighted by Gasteiger charge is 2.24. The van der Waals surface area contributed by atoms with Gasteiger partial charge in [0.1, 0.15) is 19.0 Å². The van der Waals surface area contributed by atoms with Crippen molar-refractivity contribution in [2.24, 2.45) is 0 Å². The van der Waals surface area contributed by atoms with Crippen molar-refractivity contribution in [1.29, 1.82) is 0 Å². The third kappa shape index (κ3) is 5.76. The Hall–Kier alpha value is -2.60. The molecule has 0 bridgehead atoms. The number of fused-ring (bicyclic) bond motifs is 1. The van der Waals surface area contributed by atoms with Crippen LogP contribution < -0.4 is 14.8 Å². The van der Waals surface area contributed by atoms with E-state index in [0.717, 1.165) is 35.5 Å². The maximum atomic E-state index is 13.3. The van der Waals surface area contributed by atoms with Crippen LogP contribution in [0.5, 0.6) is 11.5 Å². The third-order valence-electron chi connectivity index (χ3n) is 6.18. The standard InChI is InChI=1S/C25H31FN2O3/c1-18(20-9-12-23-24(15-20)31-14-13-30-23)27-25(29)17-28(22-5-3-2-4-6-22)16-19-7-10-21(26)11-8-19/h7-12,15,18,22H,2-6,13-14,16-17H2,1H3,(H,27,29). The molecule has 1 fully saturated rings. The lowest BCUT2D eigenvalue weighted by Gasteiger charge is -2.34. The molecule has 1 N–H and O–H groups in total. The van der Waals surface area contributed by atoms with Crippen LogP contribution in [0.2, 0.25) is 0 Å². The van der Waals surface area contributed by atoms with Gasteiger partial charge in [0.25, 0.3) is 0 Å². The van der Waals surface area contributed by atoms with Crippen molar-refractivity contribution in [1.82, 2.24) is 10.2 Å². The second-order valence-electron chi connectivity index (χ2n) is 8.52. The van der Waals surface area contributed by atoms with Crippen LogP contribution in [0.25, 0.3) is 0 Å². The second-order valence-corrected chi connectivity index (χ2v) is 8.52. The highest BCUT2D eigenvalue weighted by molar-refractivity contribution is 5.78. The van der Waals surface area contributed by atoms with Crippen molar-refractivity contribution in [3.8, 4) is 11.5 Å². The van der Waals surface area contributed by atoms with Gasteiger partial charge in [-0.3, -0.25) is 9.69 Å². The Morgan fingerprint density at radius 2 is 1.77 bits per heavy atom. The summed E-state index contributed by atoms with van der Waals surface area (Å²) in [5.74, 6) is 1.23. The number of carbonyl (C=O) groups is 1. The number of rotatable bonds is 7. The molecule has 2 aliphatic rings. The molecular formula is C25H31FN2O3. The maximum Gasteiger partial charge on any atom is 0.234 e. The summed E-state index contributed by atoms with van der Waals surface area (Å²) >= 11 is 0. The summed E-state index contributed by atoms with van der Waals surface area (Å²) in [6.07, 6.45) is 5.85. The fourth-order valence-electron chi connectivity index (χ4n) is 4.47. The summed E-state index contributed by atoms with van der Waals surface area (Å²) in [7, 11) is 0. The molecule has 1 aliphatic heterocycles. The van der Waals surface area contributed by atoms with Gasteiger partial charge in [0, 0.05) is 12.6 Å². The van der Waals surface area contributed by atoms with Gasteiger partial charge in [-0.05, 0) is 55.2 Å². The fourth-order valence-corrected chi connectivity index (χ4v) is 4.47. The van der Waals surface area contributed by atoms with Crippen LogP contribution in [-0.2, 0) is 11.3 Å². The van der Waals surface area contributed by atoms with E-state index in [1.54, 1.807) is 12.1 Å². The Kier molecular flexibility index (Phi) is 7.07. The number of carbonyl (C=O) groups excluding carboxylic acids is 1. The normalized spacial score (nSPS) is 17.4.